The molecule has 1 unspecified atom stereocenters. The zero-order valence-corrected chi connectivity index (χ0v) is 11.3. The molecule has 0 aliphatic carbocycles. The zero-order valence-electron chi connectivity index (χ0n) is 11.3. The van der Waals surface area contributed by atoms with Crippen LogP contribution in [0.2, 0.25) is 0 Å². The molecule has 1 N–H and O–H groups in total. The van der Waals surface area contributed by atoms with Crippen LogP contribution in [0.25, 0.3) is 0 Å². The van der Waals surface area contributed by atoms with Gasteiger partial charge in [-0.25, -0.2) is 0 Å². The molecule has 0 bridgehead atoms. The maximum absolute atomic E-state index is 12.0. The molecular formula is C14H18N2O3. The molecule has 19 heavy (non-hydrogen) atoms. The SMILES string of the molecule is CC(C)Oc1ccc(N2CC(=O)NC(C)C2=O)cc1. The lowest BCUT2D eigenvalue weighted by Gasteiger charge is -2.30. The van der Waals surface area contributed by atoms with Gasteiger partial charge in [-0.05, 0) is 45.0 Å². The van der Waals surface area contributed by atoms with Gasteiger partial charge in [-0.1, -0.05) is 0 Å². The number of nitrogens with zero attached hydrogens (tertiary/aromatic N) is 1. The molecule has 0 radical (unpaired) electrons. The summed E-state index contributed by atoms with van der Waals surface area (Å²) in [5.74, 6) is 0.507. The van der Waals surface area contributed by atoms with E-state index in [1.165, 1.54) is 4.90 Å². The third-order valence-corrected chi connectivity index (χ3v) is 2.84. The van der Waals surface area contributed by atoms with Gasteiger partial charge in [0.05, 0.1) is 6.10 Å². The molecule has 0 spiro atoms. The van der Waals surface area contributed by atoms with Gasteiger partial charge in [-0.2, -0.15) is 0 Å². The van der Waals surface area contributed by atoms with E-state index in [0.717, 1.165) is 5.75 Å². The van der Waals surface area contributed by atoms with Crippen molar-refractivity contribution in [3.8, 4) is 5.75 Å². The van der Waals surface area contributed by atoms with Crippen molar-refractivity contribution in [2.45, 2.75) is 32.9 Å². The molecule has 1 aromatic carbocycles. The molecule has 1 saturated heterocycles. The minimum Gasteiger partial charge on any atom is -0.491 e. The van der Waals surface area contributed by atoms with Crippen LogP contribution in [0.1, 0.15) is 20.8 Å². The van der Waals surface area contributed by atoms with Crippen LogP contribution in [0.4, 0.5) is 5.69 Å². The number of piperazine rings is 1. The molecule has 0 saturated carbocycles. The summed E-state index contributed by atoms with van der Waals surface area (Å²) in [5.41, 5.74) is 0.711. The second-order valence-electron chi connectivity index (χ2n) is 4.87. The molecule has 1 fully saturated rings. The number of nitrogens with one attached hydrogen (secondary N) is 1. The number of hydrogen-bond acceptors (Lipinski definition) is 3. The van der Waals surface area contributed by atoms with Gasteiger partial charge < -0.3 is 15.0 Å². The maximum atomic E-state index is 12.0. The van der Waals surface area contributed by atoms with Gasteiger partial charge in [0.25, 0.3) is 0 Å². The number of ether oxygens (including phenoxy) is 1. The fourth-order valence-corrected chi connectivity index (χ4v) is 2.00. The van der Waals surface area contributed by atoms with Gasteiger partial charge in [-0.15, -0.1) is 0 Å². The Hall–Kier alpha value is -2.04. The second-order valence-corrected chi connectivity index (χ2v) is 4.87. The Labute approximate surface area is 112 Å². The minimum atomic E-state index is -0.479. The normalized spacial score (nSPS) is 19.6. The number of amides is 2. The second kappa shape index (κ2) is 5.30. The molecule has 1 aromatic rings. The fourth-order valence-electron chi connectivity index (χ4n) is 2.00. The summed E-state index contributed by atoms with van der Waals surface area (Å²) in [6, 6.07) is 6.72. The van der Waals surface area contributed by atoms with Gasteiger partial charge in [0.2, 0.25) is 11.8 Å². The molecule has 1 aliphatic heterocycles. The number of rotatable bonds is 3. The average molecular weight is 262 g/mol. The Balaban J connectivity index is 2.17. The topological polar surface area (TPSA) is 58.6 Å². The van der Waals surface area contributed by atoms with Gasteiger partial charge in [0, 0.05) is 5.69 Å². The molecule has 1 atom stereocenters. The first-order chi connectivity index (χ1) is 8.97. The summed E-state index contributed by atoms with van der Waals surface area (Å²) < 4.78 is 5.54. The van der Waals surface area contributed by atoms with Crippen LogP contribution in [-0.2, 0) is 9.59 Å². The fraction of sp³-hybridized carbons (Fsp3) is 0.429. The van der Waals surface area contributed by atoms with E-state index in [0.29, 0.717) is 5.69 Å². The largest absolute Gasteiger partial charge is 0.491 e. The number of carbonyl (C=O) groups excluding carboxylic acids is 2. The van der Waals surface area contributed by atoms with Crippen molar-refractivity contribution in [1.82, 2.24) is 5.32 Å². The summed E-state index contributed by atoms with van der Waals surface area (Å²) in [5, 5.41) is 2.61. The molecule has 5 nitrogen and oxygen atoms in total. The predicted molar refractivity (Wildman–Crippen MR) is 72.2 cm³/mol. The first-order valence-electron chi connectivity index (χ1n) is 6.35. The van der Waals surface area contributed by atoms with Crippen LogP contribution in [0.3, 0.4) is 0 Å². The van der Waals surface area contributed by atoms with Crippen molar-refractivity contribution in [3.05, 3.63) is 24.3 Å². The monoisotopic (exact) mass is 262 g/mol. The van der Waals surface area contributed by atoms with Crippen molar-refractivity contribution in [2.24, 2.45) is 0 Å². The van der Waals surface area contributed by atoms with Crippen molar-refractivity contribution in [1.29, 1.82) is 0 Å². The Kier molecular flexibility index (Phi) is 3.74. The third kappa shape index (κ3) is 3.05. The van der Waals surface area contributed by atoms with E-state index in [4.69, 9.17) is 4.74 Å². The highest BCUT2D eigenvalue weighted by molar-refractivity contribution is 6.06. The van der Waals surface area contributed by atoms with Gasteiger partial charge in [0.15, 0.2) is 0 Å². The van der Waals surface area contributed by atoms with E-state index in [1.807, 2.05) is 13.8 Å². The molecule has 0 aromatic heterocycles. The number of carbonyl (C=O) groups is 2. The lowest BCUT2D eigenvalue weighted by atomic mass is 10.2. The van der Waals surface area contributed by atoms with E-state index in [9.17, 15) is 9.59 Å². The first kappa shape index (κ1) is 13.4. The molecule has 5 heteroatoms. The maximum Gasteiger partial charge on any atom is 0.249 e. The first-order valence-corrected chi connectivity index (χ1v) is 6.35. The summed E-state index contributed by atoms with van der Waals surface area (Å²) in [7, 11) is 0. The Morgan fingerprint density at radius 2 is 1.89 bits per heavy atom. The molecule has 1 aliphatic rings. The van der Waals surface area contributed by atoms with Crippen molar-refractivity contribution in [3.63, 3.8) is 0 Å². The number of benzene rings is 1. The van der Waals surface area contributed by atoms with Crippen LogP contribution >= 0.6 is 0 Å². The Bertz CT molecular complexity index is 482. The van der Waals surface area contributed by atoms with Gasteiger partial charge in [0.1, 0.15) is 18.3 Å². The van der Waals surface area contributed by atoms with E-state index in [2.05, 4.69) is 5.32 Å². The molecule has 2 rings (SSSR count). The van der Waals surface area contributed by atoms with E-state index >= 15 is 0 Å². The van der Waals surface area contributed by atoms with Gasteiger partial charge in [-0.3, -0.25) is 9.59 Å². The highest BCUT2D eigenvalue weighted by atomic mass is 16.5. The molecule has 1 heterocycles. The predicted octanol–water partition coefficient (Wildman–Crippen LogP) is 1.33. The summed E-state index contributed by atoms with van der Waals surface area (Å²) >= 11 is 0. The Morgan fingerprint density at radius 3 is 2.47 bits per heavy atom. The summed E-state index contributed by atoms with van der Waals surface area (Å²) in [6.07, 6.45) is 0.105. The highest BCUT2D eigenvalue weighted by Crippen LogP contribution is 2.22. The van der Waals surface area contributed by atoms with Crippen LogP contribution in [0, 0.1) is 0 Å². The molecular weight excluding hydrogens is 244 g/mol. The quantitative estimate of drug-likeness (QED) is 0.894. The average Bonchev–Trinajstić information content (AvgIpc) is 2.34. The summed E-state index contributed by atoms with van der Waals surface area (Å²) in [6.45, 7) is 5.65. The van der Waals surface area contributed by atoms with Crippen molar-refractivity contribution < 1.29 is 14.3 Å². The standard InChI is InChI=1S/C14H18N2O3/c1-9(2)19-12-6-4-11(5-7-12)16-8-13(17)15-10(3)14(16)18/h4-7,9-10H,8H2,1-3H3,(H,15,17). The third-order valence-electron chi connectivity index (χ3n) is 2.84. The number of hydrogen-bond donors (Lipinski definition) is 1. The van der Waals surface area contributed by atoms with Crippen LogP contribution < -0.4 is 15.0 Å². The van der Waals surface area contributed by atoms with Crippen LogP contribution in [0.5, 0.6) is 5.75 Å². The van der Waals surface area contributed by atoms with E-state index in [-0.39, 0.29) is 24.5 Å². The molecule has 102 valence electrons. The van der Waals surface area contributed by atoms with Crippen LogP contribution in [-0.4, -0.2) is 30.5 Å². The Morgan fingerprint density at radius 1 is 1.26 bits per heavy atom. The van der Waals surface area contributed by atoms with Crippen molar-refractivity contribution >= 4 is 17.5 Å². The highest BCUT2D eigenvalue weighted by Gasteiger charge is 2.30. The zero-order chi connectivity index (χ0) is 14.0. The van der Waals surface area contributed by atoms with Crippen molar-refractivity contribution in [2.75, 3.05) is 11.4 Å². The lowest BCUT2D eigenvalue weighted by Crippen LogP contribution is -2.57. The van der Waals surface area contributed by atoms with Gasteiger partial charge >= 0.3 is 0 Å². The lowest BCUT2D eigenvalue weighted by molar-refractivity contribution is -0.130. The smallest absolute Gasteiger partial charge is 0.249 e. The van der Waals surface area contributed by atoms with E-state index < -0.39 is 6.04 Å². The minimum absolute atomic E-state index is 0.0631. The van der Waals surface area contributed by atoms with E-state index in [1.54, 1.807) is 31.2 Å². The molecule has 2 amide bonds. The summed E-state index contributed by atoms with van der Waals surface area (Å²) in [4.78, 5) is 25.0. The number of anilines is 1. The van der Waals surface area contributed by atoms with Crippen LogP contribution in [0.15, 0.2) is 24.3 Å².